The average molecular weight is 234 g/mol. The highest BCUT2D eigenvalue weighted by Gasteiger charge is 2.33. The fourth-order valence-electron chi connectivity index (χ4n) is 2.01. The Balaban J connectivity index is 2.17. The first-order valence-corrected chi connectivity index (χ1v) is 5.36. The van der Waals surface area contributed by atoms with Crippen molar-refractivity contribution in [1.29, 1.82) is 0 Å². The van der Waals surface area contributed by atoms with Gasteiger partial charge in [0.15, 0.2) is 0 Å². The first kappa shape index (κ1) is 11.6. The standard InChI is InChI=1S/C12H14N2O3/c1-17-12(16)9(13)6-8-7-4-2-3-5-10(7)14-11(8)15/h2-5,8-9H,6,13H2,1H3,(H,14,15)/t8?,9-/m1/s1. The van der Waals surface area contributed by atoms with Crippen LogP contribution in [0.3, 0.4) is 0 Å². The lowest BCUT2D eigenvalue weighted by molar-refractivity contribution is -0.142. The number of hydrogen-bond acceptors (Lipinski definition) is 4. The minimum absolute atomic E-state index is 0.120. The van der Waals surface area contributed by atoms with Gasteiger partial charge in [-0.25, -0.2) is 0 Å². The molecule has 0 radical (unpaired) electrons. The Labute approximate surface area is 98.9 Å². The highest BCUT2D eigenvalue weighted by molar-refractivity contribution is 6.03. The van der Waals surface area contributed by atoms with Gasteiger partial charge in [0.2, 0.25) is 5.91 Å². The zero-order valence-corrected chi connectivity index (χ0v) is 9.47. The van der Waals surface area contributed by atoms with Crippen LogP contribution in [-0.4, -0.2) is 25.0 Å². The number of benzene rings is 1. The summed E-state index contributed by atoms with van der Waals surface area (Å²) < 4.78 is 4.55. The number of carbonyl (C=O) groups is 2. The molecule has 0 fully saturated rings. The quantitative estimate of drug-likeness (QED) is 0.751. The number of carbonyl (C=O) groups excluding carboxylic acids is 2. The number of fused-ring (bicyclic) bond motifs is 1. The second kappa shape index (κ2) is 4.55. The number of rotatable bonds is 3. The minimum atomic E-state index is -0.776. The molecule has 2 atom stereocenters. The van der Waals surface area contributed by atoms with E-state index in [2.05, 4.69) is 10.1 Å². The molecule has 0 aliphatic carbocycles. The molecule has 5 heteroatoms. The molecule has 1 unspecified atom stereocenters. The van der Waals surface area contributed by atoms with Gasteiger partial charge in [0.25, 0.3) is 0 Å². The number of hydrogen-bond donors (Lipinski definition) is 2. The molecule has 0 spiro atoms. The lowest BCUT2D eigenvalue weighted by atomic mass is 9.94. The lowest BCUT2D eigenvalue weighted by Gasteiger charge is -2.13. The summed E-state index contributed by atoms with van der Waals surface area (Å²) in [7, 11) is 1.28. The molecule has 1 aliphatic rings. The van der Waals surface area contributed by atoms with Gasteiger partial charge in [0, 0.05) is 5.69 Å². The first-order chi connectivity index (χ1) is 8.13. The predicted octanol–water partition coefficient (Wildman–Crippen LogP) is 0.613. The zero-order chi connectivity index (χ0) is 12.4. The van der Waals surface area contributed by atoms with E-state index in [0.717, 1.165) is 11.3 Å². The molecule has 1 aromatic carbocycles. The summed E-state index contributed by atoms with van der Waals surface area (Å²) in [6.45, 7) is 0. The maximum absolute atomic E-state index is 11.8. The lowest BCUT2D eigenvalue weighted by Crippen LogP contribution is -2.34. The molecule has 0 saturated carbocycles. The average Bonchev–Trinajstić information content (AvgIpc) is 2.65. The fourth-order valence-corrected chi connectivity index (χ4v) is 2.01. The van der Waals surface area contributed by atoms with E-state index in [1.165, 1.54) is 7.11 Å². The molecule has 0 saturated heterocycles. The smallest absolute Gasteiger partial charge is 0.322 e. The summed E-state index contributed by atoms with van der Waals surface area (Å²) in [6.07, 6.45) is 0.259. The van der Waals surface area contributed by atoms with Crippen molar-refractivity contribution in [3.8, 4) is 0 Å². The number of ether oxygens (including phenoxy) is 1. The van der Waals surface area contributed by atoms with Crippen molar-refractivity contribution in [3.63, 3.8) is 0 Å². The van der Waals surface area contributed by atoms with E-state index < -0.39 is 12.0 Å². The molecule has 17 heavy (non-hydrogen) atoms. The van der Waals surface area contributed by atoms with Crippen molar-refractivity contribution in [2.24, 2.45) is 5.73 Å². The second-order valence-corrected chi connectivity index (χ2v) is 3.99. The van der Waals surface area contributed by atoms with Crippen molar-refractivity contribution in [1.82, 2.24) is 0 Å². The molecule has 5 nitrogen and oxygen atoms in total. The Morgan fingerprint density at radius 2 is 2.24 bits per heavy atom. The zero-order valence-electron chi connectivity index (χ0n) is 9.47. The van der Waals surface area contributed by atoms with Crippen LogP contribution in [-0.2, 0) is 14.3 Å². The van der Waals surface area contributed by atoms with E-state index in [9.17, 15) is 9.59 Å². The molecule has 0 aromatic heterocycles. The van der Waals surface area contributed by atoms with Crippen molar-refractivity contribution >= 4 is 17.6 Å². The van der Waals surface area contributed by atoms with Crippen LogP contribution >= 0.6 is 0 Å². The number of nitrogens with two attached hydrogens (primary N) is 1. The minimum Gasteiger partial charge on any atom is -0.468 e. The van der Waals surface area contributed by atoms with E-state index in [1.54, 1.807) is 0 Å². The topological polar surface area (TPSA) is 81.4 Å². The third-order valence-corrected chi connectivity index (χ3v) is 2.90. The van der Waals surface area contributed by atoms with Gasteiger partial charge in [-0.1, -0.05) is 18.2 Å². The van der Waals surface area contributed by atoms with Gasteiger partial charge < -0.3 is 15.8 Å². The number of amides is 1. The molecule has 1 aliphatic heterocycles. The monoisotopic (exact) mass is 234 g/mol. The van der Waals surface area contributed by atoms with Crippen molar-refractivity contribution in [3.05, 3.63) is 29.8 Å². The SMILES string of the molecule is COC(=O)[C@H](N)CC1C(=O)Nc2ccccc21. The van der Waals surface area contributed by atoms with Crippen LogP contribution in [0, 0.1) is 0 Å². The van der Waals surface area contributed by atoms with Crippen molar-refractivity contribution in [2.45, 2.75) is 18.4 Å². The van der Waals surface area contributed by atoms with Crippen LogP contribution in [0.2, 0.25) is 0 Å². The molecule has 1 aromatic rings. The van der Waals surface area contributed by atoms with Gasteiger partial charge in [0.1, 0.15) is 6.04 Å². The Hall–Kier alpha value is -1.88. The normalized spacial score (nSPS) is 19.4. The molecule has 1 heterocycles. The number of nitrogens with one attached hydrogen (secondary N) is 1. The Bertz CT molecular complexity index is 459. The van der Waals surface area contributed by atoms with Crippen LogP contribution in [0.15, 0.2) is 24.3 Å². The van der Waals surface area contributed by atoms with Crippen molar-refractivity contribution < 1.29 is 14.3 Å². The van der Waals surface area contributed by atoms with Gasteiger partial charge in [-0.2, -0.15) is 0 Å². The molecule has 90 valence electrons. The van der Waals surface area contributed by atoms with E-state index >= 15 is 0 Å². The fraction of sp³-hybridized carbons (Fsp3) is 0.333. The predicted molar refractivity (Wildman–Crippen MR) is 62.4 cm³/mol. The van der Waals surface area contributed by atoms with E-state index in [-0.39, 0.29) is 18.2 Å². The van der Waals surface area contributed by atoms with Gasteiger partial charge in [-0.05, 0) is 18.1 Å². The van der Waals surface area contributed by atoms with Crippen LogP contribution in [0.1, 0.15) is 17.9 Å². The van der Waals surface area contributed by atoms with Gasteiger partial charge >= 0.3 is 5.97 Å². The van der Waals surface area contributed by atoms with E-state index in [4.69, 9.17) is 5.73 Å². The Kier molecular flexibility index (Phi) is 3.10. The Morgan fingerprint density at radius 1 is 1.53 bits per heavy atom. The van der Waals surface area contributed by atoms with E-state index in [1.807, 2.05) is 24.3 Å². The highest BCUT2D eigenvalue weighted by atomic mass is 16.5. The summed E-state index contributed by atoms with van der Waals surface area (Å²) in [4.78, 5) is 23.0. The van der Waals surface area contributed by atoms with Gasteiger partial charge in [0.05, 0.1) is 13.0 Å². The van der Waals surface area contributed by atoms with Gasteiger partial charge in [-0.3, -0.25) is 9.59 Å². The van der Waals surface area contributed by atoms with Crippen LogP contribution < -0.4 is 11.1 Å². The van der Waals surface area contributed by atoms with Crippen molar-refractivity contribution in [2.75, 3.05) is 12.4 Å². The molecular formula is C12H14N2O3. The third kappa shape index (κ3) is 2.14. The van der Waals surface area contributed by atoms with Crippen LogP contribution in [0.5, 0.6) is 0 Å². The number of anilines is 1. The molecular weight excluding hydrogens is 220 g/mol. The molecule has 2 rings (SSSR count). The first-order valence-electron chi connectivity index (χ1n) is 5.36. The summed E-state index contributed by atoms with van der Waals surface area (Å²) >= 11 is 0. The summed E-state index contributed by atoms with van der Waals surface area (Å²) in [5, 5.41) is 2.76. The maximum atomic E-state index is 11.8. The molecule has 0 bridgehead atoms. The molecule has 3 N–H and O–H groups in total. The maximum Gasteiger partial charge on any atom is 0.322 e. The van der Waals surface area contributed by atoms with Crippen LogP contribution in [0.4, 0.5) is 5.69 Å². The summed E-state index contributed by atoms with van der Waals surface area (Å²) in [5.41, 5.74) is 7.35. The summed E-state index contributed by atoms with van der Waals surface area (Å²) in [5.74, 6) is -0.993. The van der Waals surface area contributed by atoms with Gasteiger partial charge in [-0.15, -0.1) is 0 Å². The largest absolute Gasteiger partial charge is 0.468 e. The number of methoxy groups -OCH3 is 1. The molecule has 1 amide bonds. The number of esters is 1. The highest BCUT2D eigenvalue weighted by Crippen LogP contribution is 2.34. The summed E-state index contributed by atoms with van der Waals surface area (Å²) in [6, 6.07) is 6.62. The second-order valence-electron chi connectivity index (χ2n) is 3.99. The van der Waals surface area contributed by atoms with Crippen LogP contribution in [0.25, 0.3) is 0 Å². The Morgan fingerprint density at radius 3 is 2.94 bits per heavy atom. The number of para-hydroxylation sites is 1. The van der Waals surface area contributed by atoms with E-state index in [0.29, 0.717) is 0 Å². The third-order valence-electron chi connectivity index (χ3n) is 2.90.